The number of anilines is 1. The summed E-state index contributed by atoms with van der Waals surface area (Å²) in [4.78, 5) is 41.1. The number of carbonyl (C=O) groups is 3. The van der Waals surface area contributed by atoms with Crippen molar-refractivity contribution in [2.24, 2.45) is 12.2 Å². The van der Waals surface area contributed by atoms with Gasteiger partial charge in [-0.2, -0.15) is 5.26 Å². The van der Waals surface area contributed by atoms with Crippen molar-refractivity contribution in [2.75, 3.05) is 18.5 Å². The van der Waals surface area contributed by atoms with Gasteiger partial charge < -0.3 is 18.9 Å². The summed E-state index contributed by atoms with van der Waals surface area (Å²) in [6.45, 7) is 1.74. The first-order valence-corrected chi connectivity index (χ1v) is 11.1. The van der Waals surface area contributed by atoms with Gasteiger partial charge in [-0.3, -0.25) is 5.32 Å². The molecule has 0 unspecified atom stereocenters. The van der Waals surface area contributed by atoms with Gasteiger partial charge in [0.05, 0.1) is 12.3 Å². The van der Waals surface area contributed by atoms with Crippen LogP contribution in [-0.2, 0) is 26.2 Å². The summed E-state index contributed by atoms with van der Waals surface area (Å²) >= 11 is 0. The molecule has 1 N–H and O–H groups in total. The molecule has 0 spiro atoms. The van der Waals surface area contributed by atoms with Crippen molar-refractivity contribution in [1.82, 2.24) is 4.57 Å². The minimum absolute atomic E-state index is 0.0221. The molecule has 0 bridgehead atoms. The Morgan fingerprint density at radius 3 is 2.31 bits per heavy atom. The number of esters is 1. The van der Waals surface area contributed by atoms with Gasteiger partial charge in [-0.05, 0) is 35.2 Å². The van der Waals surface area contributed by atoms with E-state index in [0.29, 0.717) is 0 Å². The molecule has 0 aliphatic heterocycles. The van der Waals surface area contributed by atoms with Crippen molar-refractivity contribution in [3.05, 3.63) is 77.6 Å². The third-order valence-electron chi connectivity index (χ3n) is 5.60. The molecule has 4 rings (SSSR count). The fraction of sp³-hybridized carbons (Fsp3) is 0.192. The molecule has 10 heteroatoms. The number of amides is 1. The second kappa shape index (κ2) is 10.6. The average molecular weight is 486 g/mol. The van der Waals surface area contributed by atoms with Gasteiger partial charge in [0.15, 0.2) is 0 Å². The van der Waals surface area contributed by atoms with Crippen molar-refractivity contribution in [1.29, 1.82) is 5.26 Å². The van der Waals surface area contributed by atoms with Gasteiger partial charge in [0.1, 0.15) is 18.4 Å². The number of hydrogen-bond acceptors (Lipinski definition) is 8. The van der Waals surface area contributed by atoms with Crippen LogP contribution in [0.5, 0.6) is 0 Å². The quantitative estimate of drug-likeness (QED) is 0.231. The predicted molar refractivity (Wildman–Crippen MR) is 129 cm³/mol. The molecule has 0 radical (unpaired) electrons. The molecule has 0 saturated heterocycles. The van der Waals surface area contributed by atoms with Gasteiger partial charge >= 0.3 is 18.0 Å². The summed E-state index contributed by atoms with van der Waals surface area (Å²) < 4.78 is 11.6. The number of rotatable bonds is 7. The SMILES string of the molecule is CCOC(=O)/C(C#N)=N/OC(=O)c1cc(NC(=O)OCC2c3ccccc3-c3ccccc32)cn1C. The molecule has 2 aromatic carbocycles. The van der Waals surface area contributed by atoms with Crippen LogP contribution < -0.4 is 5.32 Å². The molecule has 36 heavy (non-hydrogen) atoms. The lowest BCUT2D eigenvalue weighted by Crippen LogP contribution is -2.17. The fourth-order valence-electron chi connectivity index (χ4n) is 4.02. The summed E-state index contributed by atoms with van der Waals surface area (Å²) in [7, 11) is 1.56. The lowest BCUT2D eigenvalue weighted by molar-refractivity contribution is -0.135. The van der Waals surface area contributed by atoms with Crippen LogP contribution in [0.3, 0.4) is 0 Å². The van der Waals surface area contributed by atoms with Crippen LogP contribution in [-0.4, -0.2) is 41.5 Å². The highest BCUT2D eigenvalue weighted by atomic mass is 16.7. The van der Waals surface area contributed by atoms with Crippen molar-refractivity contribution in [3.8, 4) is 17.2 Å². The van der Waals surface area contributed by atoms with Crippen LogP contribution in [0.1, 0.15) is 34.5 Å². The van der Waals surface area contributed by atoms with Gasteiger partial charge in [0, 0.05) is 19.2 Å². The van der Waals surface area contributed by atoms with E-state index in [4.69, 9.17) is 14.8 Å². The highest BCUT2D eigenvalue weighted by Gasteiger charge is 2.29. The number of fused-ring (bicyclic) bond motifs is 3. The molecule has 1 aliphatic rings. The molecule has 1 aromatic heterocycles. The smallest absolute Gasteiger partial charge is 0.411 e. The van der Waals surface area contributed by atoms with Gasteiger partial charge in [0.25, 0.3) is 5.71 Å². The van der Waals surface area contributed by atoms with Crippen molar-refractivity contribution >= 4 is 29.4 Å². The van der Waals surface area contributed by atoms with Crippen LogP contribution in [0.15, 0.2) is 65.9 Å². The Morgan fingerprint density at radius 2 is 1.69 bits per heavy atom. The fourth-order valence-corrected chi connectivity index (χ4v) is 4.02. The molecule has 10 nitrogen and oxygen atoms in total. The monoisotopic (exact) mass is 486 g/mol. The lowest BCUT2D eigenvalue weighted by Gasteiger charge is -2.14. The highest BCUT2D eigenvalue weighted by Crippen LogP contribution is 2.44. The van der Waals surface area contributed by atoms with Crippen molar-refractivity contribution in [3.63, 3.8) is 0 Å². The first-order chi connectivity index (χ1) is 17.4. The third kappa shape index (κ3) is 4.95. The second-order valence-corrected chi connectivity index (χ2v) is 7.83. The molecule has 182 valence electrons. The summed E-state index contributed by atoms with van der Waals surface area (Å²) in [5.74, 6) is -2.02. The van der Waals surface area contributed by atoms with Gasteiger partial charge in [0.2, 0.25) is 0 Å². The number of carbonyl (C=O) groups excluding carboxylic acids is 3. The number of oxime groups is 1. The third-order valence-corrected chi connectivity index (χ3v) is 5.60. The largest absolute Gasteiger partial charge is 0.461 e. The molecule has 0 atom stereocenters. The Hall–Kier alpha value is -4.91. The zero-order valence-corrected chi connectivity index (χ0v) is 19.6. The minimum Gasteiger partial charge on any atom is -0.461 e. The van der Waals surface area contributed by atoms with Crippen LogP contribution in [0, 0.1) is 11.3 Å². The van der Waals surface area contributed by atoms with E-state index >= 15 is 0 Å². The molecule has 1 amide bonds. The molecule has 1 aliphatic carbocycles. The molecule has 0 saturated carbocycles. The standard InChI is InChI=1S/C26H22N4O6/c1-3-34-24(31)22(13-27)29-36-25(32)23-12-16(14-30(23)2)28-26(33)35-15-21-19-10-6-4-8-17(19)18-9-5-7-11-20(18)21/h4-12,14,21H,3,15H2,1-2H3,(H,28,33)/b29-22+. The van der Waals surface area contributed by atoms with Crippen LogP contribution in [0.2, 0.25) is 0 Å². The van der Waals surface area contributed by atoms with E-state index in [2.05, 4.69) is 27.3 Å². The summed E-state index contributed by atoms with van der Waals surface area (Å²) in [6, 6.07) is 18.9. The maximum atomic E-state index is 12.5. The van der Waals surface area contributed by atoms with E-state index in [0.717, 1.165) is 22.3 Å². The van der Waals surface area contributed by atoms with E-state index < -0.39 is 23.7 Å². The number of nitriles is 1. The van der Waals surface area contributed by atoms with E-state index in [1.807, 2.05) is 36.4 Å². The molecule has 1 heterocycles. The Balaban J connectivity index is 1.39. The van der Waals surface area contributed by atoms with Gasteiger partial charge in [-0.15, -0.1) is 0 Å². The maximum absolute atomic E-state index is 12.5. The van der Waals surface area contributed by atoms with E-state index in [1.54, 1.807) is 14.0 Å². The Bertz CT molecular complexity index is 1360. The Labute approximate surface area is 206 Å². The number of benzene rings is 2. The van der Waals surface area contributed by atoms with Gasteiger partial charge in [-0.25, -0.2) is 14.4 Å². The van der Waals surface area contributed by atoms with Crippen LogP contribution in [0.4, 0.5) is 10.5 Å². The molecule has 3 aromatic rings. The lowest BCUT2D eigenvalue weighted by atomic mass is 9.98. The minimum atomic E-state index is -1.00. The number of ether oxygens (including phenoxy) is 2. The van der Waals surface area contributed by atoms with E-state index in [9.17, 15) is 14.4 Å². The zero-order chi connectivity index (χ0) is 25.7. The summed E-state index contributed by atoms with van der Waals surface area (Å²) in [6.07, 6.45) is 0.799. The number of aromatic nitrogens is 1. The number of aryl methyl sites for hydroxylation is 1. The van der Waals surface area contributed by atoms with E-state index in [1.165, 1.54) is 22.9 Å². The number of hydrogen-bond donors (Lipinski definition) is 1. The maximum Gasteiger partial charge on any atom is 0.411 e. The van der Waals surface area contributed by atoms with E-state index in [-0.39, 0.29) is 30.5 Å². The number of nitrogens with one attached hydrogen (secondary N) is 1. The Morgan fingerprint density at radius 1 is 1.06 bits per heavy atom. The molecule has 0 fully saturated rings. The van der Waals surface area contributed by atoms with Crippen molar-refractivity contribution < 1.29 is 28.7 Å². The molecular formula is C26H22N4O6. The Kier molecular flexibility index (Phi) is 7.11. The zero-order valence-electron chi connectivity index (χ0n) is 19.6. The first kappa shape index (κ1) is 24.2. The normalized spacial score (nSPS) is 12.2. The first-order valence-electron chi connectivity index (χ1n) is 11.1. The highest BCUT2D eigenvalue weighted by molar-refractivity contribution is 6.42. The topological polar surface area (TPSA) is 132 Å². The molecular weight excluding hydrogens is 464 g/mol. The van der Waals surface area contributed by atoms with Gasteiger partial charge in [-0.1, -0.05) is 53.7 Å². The predicted octanol–water partition coefficient (Wildman–Crippen LogP) is 3.99. The summed E-state index contributed by atoms with van der Waals surface area (Å²) in [5.41, 5.74) is 4.05. The number of nitrogens with zero attached hydrogens (tertiary/aromatic N) is 3. The van der Waals surface area contributed by atoms with Crippen LogP contribution >= 0.6 is 0 Å². The van der Waals surface area contributed by atoms with Crippen molar-refractivity contribution in [2.45, 2.75) is 12.8 Å². The summed E-state index contributed by atoms with van der Waals surface area (Å²) in [5, 5.41) is 14.8. The van der Waals surface area contributed by atoms with Crippen LogP contribution in [0.25, 0.3) is 11.1 Å². The second-order valence-electron chi connectivity index (χ2n) is 7.83. The average Bonchev–Trinajstić information content (AvgIpc) is 3.40.